The third-order valence-corrected chi connectivity index (χ3v) is 6.74. The van der Waals surface area contributed by atoms with E-state index in [-0.39, 0.29) is 47.8 Å². The van der Waals surface area contributed by atoms with E-state index in [4.69, 9.17) is 14.6 Å². The minimum Gasteiger partial charge on any atom is -0.507 e. The van der Waals surface area contributed by atoms with Crippen LogP contribution in [0.1, 0.15) is 84.8 Å². The molecule has 9 heteroatoms. The predicted molar refractivity (Wildman–Crippen MR) is 146 cm³/mol. The molecule has 1 amide bonds. The van der Waals surface area contributed by atoms with Crippen LogP contribution in [-0.4, -0.2) is 59.3 Å². The van der Waals surface area contributed by atoms with Crippen LogP contribution in [0.25, 0.3) is 6.08 Å². The van der Waals surface area contributed by atoms with Crippen LogP contribution >= 0.6 is 0 Å². The molecule has 1 aliphatic heterocycles. The Morgan fingerprint density at radius 1 is 1.15 bits per heavy atom. The number of cyclic esters (lactones) is 1. The summed E-state index contributed by atoms with van der Waals surface area (Å²) in [6, 6.07) is 8.21. The molecule has 0 fully saturated rings. The second-order valence-electron chi connectivity index (χ2n) is 9.67. The number of aliphatic hydroxyl groups is 1. The summed E-state index contributed by atoms with van der Waals surface area (Å²) in [4.78, 5) is 38.1. The summed E-state index contributed by atoms with van der Waals surface area (Å²) in [5.41, 5.74) is 0.784. The Balaban J connectivity index is 2.12. The van der Waals surface area contributed by atoms with Crippen LogP contribution < -0.4 is 10.1 Å². The Kier molecular flexibility index (Phi) is 10.9. The molecule has 4 N–H and O–H groups in total. The van der Waals surface area contributed by atoms with Crippen molar-refractivity contribution < 1.29 is 39.2 Å². The molecule has 1 heterocycles. The molecule has 210 valence electrons. The molecule has 2 aromatic rings. The first kappa shape index (κ1) is 29.7. The average Bonchev–Trinajstić information content (AvgIpc) is 2.90. The van der Waals surface area contributed by atoms with Gasteiger partial charge in [-0.05, 0) is 61.9 Å². The van der Waals surface area contributed by atoms with Crippen molar-refractivity contribution in [1.82, 2.24) is 5.32 Å². The van der Waals surface area contributed by atoms with E-state index < -0.39 is 29.6 Å². The highest BCUT2D eigenvalue weighted by molar-refractivity contribution is 5.98. The van der Waals surface area contributed by atoms with E-state index >= 15 is 0 Å². The normalized spacial score (nSPS) is 17.5. The molecule has 0 aliphatic carbocycles. The van der Waals surface area contributed by atoms with Crippen LogP contribution in [0.2, 0.25) is 0 Å². The number of phenolic OH excluding ortho intramolecular Hbond substituents is 2. The summed E-state index contributed by atoms with van der Waals surface area (Å²) in [5.74, 6) is -1.99. The van der Waals surface area contributed by atoms with Crippen LogP contribution in [0, 0.1) is 0 Å². The zero-order valence-electron chi connectivity index (χ0n) is 22.4. The molecule has 1 aliphatic rings. The minimum atomic E-state index is -0.826. The third-order valence-electron chi connectivity index (χ3n) is 6.74. The zero-order valence-corrected chi connectivity index (χ0v) is 22.4. The highest BCUT2D eigenvalue weighted by atomic mass is 16.5. The van der Waals surface area contributed by atoms with Crippen LogP contribution in [0.15, 0.2) is 36.4 Å². The number of aromatic hydroxyl groups is 2. The van der Waals surface area contributed by atoms with Gasteiger partial charge >= 0.3 is 5.97 Å². The average molecular weight is 540 g/mol. The van der Waals surface area contributed by atoms with E-state index in [0.29, 0.717) is 49.8 Å². The molecule has 2 atom stereocenters. The number of hydrogen-bond acceptors (Lipinski definition) is 8. The Labute approximate surface area is 228 Å². The fourth-order valence-corrected chi connectivity index (χ4v) is 4.69. The van der Waals surface area contributed by atoms with Gasteiger partial charge in [-0.2, -0.15) is 0 Å². The van der Waals surface area contributed by atoms with Crippen LogP contribution in [0.5, 0.6) is 17.2 Å². The smallest absolute Gasteiger partial charge is 0.342 e. The maximum atomic E-state index is 13.4. The number of amides is 1. The molecule has 0 bridgehead atoms. The third kappa shape index (κ3) is 8.07. The number of hydrogen-bond donors (Lipinski definition) is 4. The standard InChI is InChI=1S/C30H37NO8/c1-19-7-6-10-22(33)9-5-3-4-8-21-17-25(34)28(29(36)27(21)30(37)39-19)24(18-26(35)31-15-16-32)20-11-13-23(38-2)14-12-20/h4,8,11-14,17,19,24,32,34,36H,3,5-7,9-10,15-16,18H2,1-2H3,(H,31,35). The fraction of sp³-hybridized carbons (Fsp3) is 0.433. The summed E-state index contributed by atoms with van der Waals surface area (Å²) in [7, 11) is 1.53. The Hall–Kier alpha value is -3.85. The highest BCUT2D eigenvalue weighted by Gasteiger charge is 2.30. The molecule has 0 aromatic heterocycles. The number of rotatable bonds is 7. The number of methoxy groups -OCH3 is 1. The number of ketones is 1. The molecule has 0 saturated carbocycles. The fourth-order valence-electron chi connectivity index (χ4n) is 4.69. The first-order valence-electron chi connectivity index (χ1n) is 13.2. The maximum Gasteiger partial charge on any atom is 0.342 e. The molecule has 39 heavy (non-hydrogen) atoms. The van der Waals surface area contributed by atoms with Crippen LogP contribution in [-0.2, 0) is 14.3 Å². The SMILES string of the molecule is COc1ccc(C(CC(=O)NCCO)c2c(O)cc3c(c2O)C(=O)OC(C)CCCC(=O)CCCC=C3)cc1. The van der Waals surface area contributed by atoms with E-state index in [0.717, 1.165) is 0 Å². The number of benzene rings is 2. The predicted octanol–water partition coefficient (Wildman–Crippen LogP) is 4.22. The van der Waals surface area contributed by atoms with Crippen molar-refractivity contribution in [3.05, 3.63) is 58.7 Å². The van der Waals surface area contributed by atoms with E-state index in [1.54, 1.807) is 43.3 Å². The molecule has 0 spiro atoms. The molecule has 2 aromatic carbocycles. The largest absolute Gasteiger partial charge is 0.507 e. The van der Waals surface area contributed by atoms with Gasteiger partial charge in [0.2, 0.25) is 5.91 Å². The lowest BCUT2D eigenvalue weighted by molar-refractivity contribution is -0.121. The van der Waals surface area contributed by atoms with E-state index in [9.17, 15) is 24.6 Å². The van der Waals surface area contributed by atoms with Gasteiger partial charge in [0.05, 0.1) is 19.8 Å². The number of phenols is 2. The lowest BCUT2D eigenvalue weighted by Crippen LogP contribution is -2.28. The van der Waals surface area contributed by atoms with Gasteiger partial charge in [0.25, 0.3) is 0 Å². The number of aliphatic hydroxyl groups excluding tert-OH is 1. The molecule has 2 unspecified atom stereocenters. The number of allylic oxidation sites excluding steroid dienone is 1. The summed E-state index contributed by atoms with van der Waals surface area (Å²) < 4.78 is 10.9. The monoisotopic (exact) mass is 539 g/mol. The van der Waals surface area contributed by atoms with Gasteiger partial charge < -0.3 is 30.1 Å². The second-order valence-corrected chi connectivity index (χ2v) is 9.67. The number of Topliss-reactive ketones (excluding diaryl/α,β-unsaturated/α-hetero) is 1. The molecule has 0 saturated heterocycles. The van der Waals surface area contributed by atoms with Gasteiger partial charge in [0.1, 0.15) is 28.6 Å². The van der Waals surface area contributed by atoms with Gasteiger partial charge in [0, 0.05) is 37.3 Å². The van der Waals surface area contributed by atoms with Gasteiger partial charge in [-0.15, -0.1) is 0 Å². The maximum absolute atomic E-state index is 13.4. The number of nitrogens with one attached hydrogen (secondary N) is 1. The summed E-state index contributed by atoms with van der Waals surface area (Å²) in [6.45, 7) is 1.55. The quantitative estimate of drug-likeness (QED) is 0.383. The van der Waals surface area contributed by atoms with Crippen LogP contribution in [0.3, 0.4) is 0 Å². The molecule has 3 rings (SSSR count). The van der Waals surface area contributed by atoms with E-state index in [2.05, 4.69) is 5.32 Å². The first-order chi connectivity index (χ1) is 18.7. The van der Waals surface area contributed by atoms with Gasteiger partial charge in [0.15, 0.2) is 0 Å². The summed E-state index contributed by atoms with van der Waals surface area (Å²) >= 11 is 0. The number of carbonyl (C=O) groups is 3. The van der Waals surface area contributed by atoms with Crippen LogP contribution in [0.4, 0.5) is 0 Å². The van der Waals surface area contributed by atoms with Crippen molar-refractivity contribution in [1.29, 1.82) is 0 Å². The van der Waals surface area contributed by atoms with E-state index in [1.807, 2.05) is 0 Å². The lowest BCUT2D eigenvalue weighted by Gasteiger charge is -2.23. The minimum absolute atomic E-state index is 0.0165. The van der Waals surface area contributed by atoms with Gasteiger partial charge in [-0.3, -0.25) is 9.59 Å². The first-order valence-corrected chi connectivity index (χ1v) is 13.2. The van der Waals surface area contributed by atoms with Crippen molar-refractivity contribution in [3.8, 4) is 17.2 Å². The topological polar surface area (TPSA) is 142 Å². The van der Waals surface area contributed by atoms with Crippen molar-refractivity contribution in [2.45, 2.75) is 63.9 Å². The molecular weight excluding hydrogens is 502 g/mol. The van der Waals surface area contributed by atoms with Crippen molar-refractivity contribution in [2.75, 3.05) is 20.3 Å². The van der Waals surface area contributed by atoms with Gasteiger partial charge in [-0.25, -0.2) is 4.79 Å². The molecule has 0 radical (unpaired) electrons. The Morgan fingerprint density at radius 2 is 1.87 bits per heavy atom. The number of carbonyl (C=O) groups excluding carboxylic acids is 3. The Morgan fingerprint density at radius 3 is 2.56 bits per heavy atom. The number of ether oxygens (including phenoxy) is 2. The summed E-state index contributed by atoms with van der Waals surface area (Å²) in [6.07, 6.45) is 5.95. The molecule has 9 nitrogen and oxygen atoms in total. The zero-order chi connectivity index (χ0) is 28.4. The second kappa shape index (κ2) is 14.3. The summed E-state index contributed by atoms with van der Waals surface area (Å²) in [5, 5.41) is 34.3. The van der Waals surface area contributed by atoms with Crippen molar-refractivity contribution in [3.63, 3.8) is 0 Å². The van der Waals surface area contributed by atoms with Gasteiger partial charge in [-0.1, -0.05) is 24.3 Å². The molecular formula is C30H37NO8. The van der Waals surface area contributed by atoms with E-state index in [1.165, 1.54) is 13.2 Å². The van der Waals surface area contributed by atoms with Crippen molar-refractivity contribution >= 4 is 23.7 Å². The van der Waals surface area contributed by atoms with Crippen molar-refractivity contribution in [2.24, 2.45) is 0 Å². The Bertz CT molecular complexity index is 1190. The lowest BCUT2D eigenvalue weighted by atomic mass is 9.84. The number of esters is 1. The number of fused-ring (bicyclic) bond motifs is 1. The highest BCUT2D eigenvalue weighted by Crippen LogP contribution is 2.44.